The third-order valence-electron chi connectivity index (χ3n) is 4.37. The lowest BCUT2D eigenvalue weighted by molar-refractivity contribution is 0.0726. The monoisotopic (exact) mass is 337 g/mol. The summed E-state index contributed by atoms with van der Waals surface area (Å²) >= 11 is 1.79. The second-order valence-corrected chi connectivity index (χ2v) is 7.03. The smallest absolute Gasteiger partial charge is 0.0564 e. The number of benzene rings is 1. The molecular weight excluding hydrogens is 310 g/mol. The Labute approximate surface area is 142 Å². The van der Waals surface area contributed by atoms with Gasteiger partial charge < -0.3 is 20.2 Å². The molecule has 0 aliphatic carbocycles. The standard InChI is InChI=1S/C18H25NO2S.H2O/c20-17-4-9-19(10-5-17)8-1-11-21-12-6-15-2-3-18-16(14-15)7-13-22-18;/h2-3,7,13-14,17,20H,1,4-6,8-12H2;1H2. The quantitative estimate of drug-likeness (QED) is 0.790. The lowest BCUT2D eigenvalue weighted by atomic mass is 10.1. The summed E-state index contributed by atoms with van der Waals surface area (Å²) in [5, 5.41) is 13.0. The fourth-order valence-corrected chi connectivity index (χ4v) is 3.77. The number of thiophene rings is 1. The Morgan fingerprint density at radius 2 is 2.00 bits per heavy atom. The molecule has 3 rings (SSSR count). The van der Waals surface area contributed by atoms with Crippen LogP contribution in [0, 0.1) is 0 Å². The Balaban J connectivity index is 0.00000192. The van der Waals surface area contributed by atoms with Crippen LogP contribution in [0.4, 0.5) is 0 Å². The number of ether oxygens (including phenoxy) is 1. The lowest BCUT2D eigenvalue weighted by Gasteiger charge is -2.29. The molecule has 1 fully saturated rings. The lowest BCUT2D eigenvalue weighted by Crippen LogP contribution is -2.36. The van der Waals surface area contributed by atoms with Crippen molar-refractivity contribution < 1.29 is 15.3 Å². The van der Waals surface area contributed by atoms with Crippen LogP contribution in [-0.2, 0) is 11.2 Å². The van der Waals surface area contributed by atoms with E-state index in [4.69, 9.17) is 4.74 Å². The predicted octanol–water partition coefficient (Wildman–Crippen LogP) is 2.48. The number of nitrogens with zero attached hydrogens (tertiary/aromatic N) is 1. The van der Waals surface area contributed by atoms with Crippen molar-refractivity contribution in [2.75, 3.05) is 32.8 Å². The zero-order valence-electron chi connectivity index (χ0n) is 13.5. The van der Waals surface area contributed by atoms with Gasteiger partial charge in [-0.15, -0.1) is 11.3 Å². The van der Waals surface area contributed by atoms with E-state index < -0.39 is 0 Å². The number of fused-ring (bicyclic) bond motifs is 1. The minimum absolute atomic E-state index is 0. The molecular formula is C18H27NO3S. The average Bonchev–Trinajstić information content (AvgIpc) is 3.00. The summed E-state index contributed by atoms with van der Waals surface area (Å²) in [5.74, 6) is 0. The van der Waals surface area contributed by atoms with Crippen LogP contribution in [-0.4, -0.2) is 54.4 Å². The van der Waals surface area contributed by atoms with Crippen LogP contribution in [0.3, 0.4) is 0 Å². The molecule has 0 saturated carbocycles. The van der Waals surface area contributed by atoms with Gasteiger partial charge in [-0.05, 0) is 54.1 Å². The molecule has 1 aliphatic rings. The number of hydrogen-bond acceptors (Lipinski definition) is 4. The van der Waals surface area contributed by atoms with Crippen molar-refractivity contribution >= 4 is 21.4 Å². The maximum atomic E-state index is 9.48. The SMILES string of the molecule is O.OC1CCN(CCCOCCc2ccc3sccc3c2)CC1. The zero-order chi connectivity index (χ0) is 15.2. The summed E-state index contributed by atoms with van der Waals surface area (Å²) in [6.45, 7) is 4.78. The molecule has 0 unspecified atom stereocenters. The maximum Gasteiger partial charge on any atom is 0.0564 e. The third kappa shape index (κ3) is 5.55. The molecule has 0 spiro atoms. The topological polar surface area (TPSA) is 64.2 Å². The van der Waals surface area contributed by atoms with Gasteiger partial charge in [-0.3, -0.25) is 0 Å². The van der Waals surface area contributed by atoms with E-state index in [0.717, 1.165) is 58.5 Å². The molecule has 2 heterocycles. The van der Waals surface area contributed by atoms with Gasteiger partial charge in [0.05, 0.1) is 12.7 Å². The number of likely N-dealkylation sites (tertiary alicyclic amines) is 1. The van der Waals surface area contributed by atoms with Crippen molar-refractivity contribution in [1.82, 2.24) is 4.90 Å². The minimum Gasteiger partial charge on any atom is -0.412 e. The Kier molecular flexibility index (Phi) is 7.46. The van der Waals surface area contributed by atoms with Crippen LogP contribution in [0.1, 0.15) is 24.8 Å². The van der Waals surface area contributed by atoms with Crippen LogP contribution in [0.15, 0.2) is 29.6 Å². The van der Waals surface area contributed by atoms with Crippen LogP contribution >= 0.6 is 11.3 Å². The second-order valence-electron chi connectivity index (χ2n) is 6.08. The predicted molar refractivity (Wildman–Crippen MR) is 96.3 cm³/mol. The van der Waals surface area contributed by atoms with E-state index >= 15 is 0 Å². The van der Waals surface area contributed by atoms with Crippen LogP contribution in [0.5, 0.6) is 0 Å². The highest BCUT2D eigenvalue weighted by atomic mass is 32.1. The Morgan fingerprint density at radius 1 is 1.17 bits per heavy atom. The van der Waals surface area contributed by atoms with Crippen LogP contribution in [0.25, 0.3) is 10.1 Å². The van der Waals surface area contributed by atoms with E-state index in [1.807, 2.05) is 0 Å². The van der Waals surface area contributed by atoms with Gasteiger partial charge >= 0.3 is 0 Å². The number of piperidine rings is 1. The van der Waals surface area contributed by atoms with Gasteiger partial charge in [0, 0.05) is 30.9 Å². The van der Waals surface area contributed by atoms with Gasteiger partial charge in [-0.1, -0.05) is 12.1 Å². The summed E-state index contributed by atoms with van der Waals surface area (Å²) in [7, 11) is 0. The number of hydrogen-bond donors (Lipinski definition) is 1. The van der Waals surface area contributed by atoms with Crippen molar-refractivity contribution in [2.24, 2.45) is 0 Å². The van der Waals surface area contributed by atoms with E-state index in [-0.39, 0.29) is 11.6 Å². The van der Waals surface area contributed by atoms with Gasteiger partial charge in [0.15, 0.2) is 0 Å². The molecule has 0 bridgehead atoms. The fraction of sp³-hybridized carbons (Fsp3) is 0.556. The molecule has 1 saturated heterocycles. The van der Waals surface area contributed by atoms with E-state index in [2.05, 4.69) is 34.5 Å². The Bertz CT molecular complexity index is 578. The summed E-state index contributed by atoms with van der Waals surface area (Å²) < 4.78 is 7.13. The molecule has 3 N–H and O–H groups in total. The first-order valence-electron chi connectivity index (χ1n) is 8.25. The molecule has 0 radical (unpaired) electrons. The largest absolute Gasteiger partial charge is 0.412 e. The van der Waals surface area contributed by atoms with E-state index in [0.29, 0.717) is 0 Å². The molecule has 4 nitrogen and oxygen atoms in total. The number of aliphatic hydroxyl groups is 1. The summed E-state index contributed by atoms with van der Waals surface area (Å²) in [5.41, 5.74) is 1.36. The average molecular weight is 337 g/mol. The highest BCUT2D eigenvalue weighted by Gasteiger charge is 2.15. The van der Waals surface area contributed by atoms with E-state index in [1.165, 1.54) is 15.6 Å². The van der Waals surface area contributed by atoms with Gasteiger partial charge in [0.1, 0.15) is 0 Å². The Morgan fingerprint density at radius 3 is 2.83 bits per heavy atom. The molecule has 1 aromatic carbocycles. The molecule has 2 aromatic rings. The summed E-state index contributed by atoms with van der Waals surface area (Å²) in [6, 6.07) is 8.87. The maximum absolute atomic E-state index is 9.48. The molecule has 5 heteroatoms. The van der Waals surface area contributed by atoms with E-state index in [9.17, 15) is 5.11 Å². The van der Waals surface area contributed by atoms with Crippen molar-refractivity contribution in [3.63, 3.8) is 0 Å². The van der Waals surface area contributed by atoms with Gasteiger partial charge in [-0.25, -0.2) is 0 Å². The van der Waals surface area contributed by atoms with Crippen LogP contribution < -0.4 is 0 Å². The molecule has 0 atom stereocenters. The van der Waals surface area contributed by atoms with Gasteiger partial charge in [-0.2, -0.15) is 0 Å². The Hall–Kier alpha value is -0.980. The zero-order valence-corrected chi connectivity index (χ0v) is 14.4. The number of rotatable bonds is 7. The van der Waals surface area contributed by atoms with Gasteiger partial charge in [0.25, 0.3) is 0 Å². The third-order valence-corrected chi connectivity index (χ3v) is 5.27. The van der Waals surface area contributed by atoms with Crippen molar-refractivity contribution in [3.05, 3.63) is 35.2 Å². The second kappa shape index (κ2) is 9.35. The van der Waals surface area contributed by atoms with Crippen LogP contribution in [0.2, 0.25) is 0 Å². The first-order chi connectivity index (χ1) is 10.8. The summed E-state index contributed by atoms with van der Waals surface area (Å²) in [6.07, 6.45) is 3.84. The molecule has 1 aromatic heterocycles. The van der Waals surface area contributed by atoms with E-state index in [1.54, 1.807) is 11.3 Å². The molecule has 1 aliphatic heterocycles. The highest BCUT2D eigenvalue weighted by Crippen LogP contribution is 2.21. The molecule has 23 heavy (non-hydrogen) atoms. The first kappa shape index (κ1) is 18.4. The molecule has 128 valence electrons. The van der Waals surface area contributed by atoms with Gasteiger partial charge in [0.2, 0.25) is 0 Å². The summed E-state index contributed by atoms with van der Waals surface area (Å²) in [4.78, 5) is 2.43. The first-order valence-corrected chi connectivity index (χ1v) is 9.13. The highest BCUT2D eigenvalue weighted by molar-refractivity contribution is 7.17. The normalized spacial score (nSPS) is 16.6. The van der Waals surface area contributed by atoms with Crippen molar-refractivity contribution in [3.8, 4) is 0 Å². The van der Waals surface area contributed by atoms with Crippen molar-refractivity contribution in [1.29, 1.82) is 0 Å². The minimum atomic E-state index is -0.0759. The number of aliphatic hydroxyl groups excluding tert-OH is 1. The molecule has 0 amide bonds. The van der Waals surface area contributed by atoms with Crippen molar-refractivity contribution in [2.45, 2.75) is 31.8 Å². The fourth-order valence-electron chi connectivity index (χ4n) is 3.00.